The van der Waals surface area contributed by atoms with Crippen LogP contribution in [0, 0.1) is 0 Å². The maximum atomic E-state index is 12.1. The van der Waals surface area contributed by atoms with Crippen LogP contribution >= 0.6 is 0 Å². The van der Waals surface area contributed by atoms with Crippen LogP contribution in [0.15, 0.2) is 54.6 Å². The van der Waals surface area contributed by atoms with Crippen LogP contribution in [0.25, 0.3) is 0 Å². The summed E-state index contributed by atoms with van der Waals surface area (Å²) in [6, 6.07) is 17.0. The molecular weight excluding hydrogens is 336 g/mol. The van der Waals surface area contributed by atoms with Gasteiger partial charge in [-0.1, -0.05) is 49.4 Å². The van der Waals surface area contributed by atoms with Crippen LogP contribution in [0.3, 0.4) is 0 Å². The standard InChI is InChI=1S/C19H24N2O3S/c1-3-16-9-11-18(12-10-16)21(25(2,23)24)14-13-19(22)20-15-17-7-5-4-6-8-17/h4-12H,3,13-15H2,1-2H3,(H,20,22). The van der Waals surface area contributed by atoms with Gasteiger partial charge in [0.1, 0.15) is 0 Å². The van der Waals surface area contributed by atoms with Crippen molar-refractivity contribution in [2.75, 3.05) is 17.1 Å². The molecule has 0 fully saturated rings. The minimum Gasteiger partial charge on any atom is -0.352 e. The molecule has 2 aromatic carbocycles. The van der Waals surface area contributed by atoms with E-state index in [0.29, 0.717) is 12.2 Å². The van der Waals surface area contributed by atoms with E-state index in [1.54, 1.807) is 12.1 Å². The van der Waals surface area contributed by atoms with Gasteiger partial charge in [0, 0.05) is 19.5 Å². The lowest BCUT2D eigenvalue weighted by molar-refractivity contribution is -0.121. The lowest BCUT2D eigenvalue weighted by Crippen LogP contribution is -2.34. The molecule has 0 atom stereocenters. The molecule has 1 amide bonds. The van der Waals surface area contributed by atoms with E-state index in [1.165, 1.54) is 4.31 Å². The van der Waals surface area contributed by atoms with Crippen LogP contribution in [0.4, 0.5) is 5.69 Å². The minimum atomic E-state index is -3.45. The summed E-state index contributed by atoms with van der Waals surface area (Å²) >= 11 is 0. The molecule has 0 aliphatic heterocycles. The molecule has 0 radical (unpaired) electrons. The highest BCUT2D eigenvalue weighted by molar-refractivity contribution is 7.92. The average Bonchev–Trinajstić information content (AvgIpc) is 2.60. The monoisotopic (exact) mass is 360 g/mol. The van der Waals surface area contributed by atoms with Crippen molar-refractivity contribution in [3.63, 3.8) is 0 Å². The fraction of sp³-hybridized carbons (Fsp3) is 0.316. The first-order valence-corrected chi connectivity index (χ1v) is 10.1. The summed E-state index contributed by atoms with van der Waals surface area (Å²) in [4.78, 5) is 12.0. The van der Waals surface area contributed by atoms with E-state index in [1.807, 2.05) is 49.4 Å². The fourth-order valence-corrected chi connectivity index (χ4v) is 3.40. The molecule has 1 N–H and O–H groups in total. The van der Waals surface area contributed by atoms with Crippen molar-refractivity contribution in [3.8, 4) is 0 Å². The first kappa shape index (κ1) is 19.0. The molecule has 0 spiro atoms. The van der Waals surface area contributed by atoms with Crippen molar-refractivity contribution in [2.24, 2.45) is 0 Å². The summed E-state index contributed by atoms with van der Waals surface area (Å²) in [5.41, 5.74) is 2.72. The second-order valence-electron chi connectivity index (χ2n) is 5.87. The van der Waals surface area contributed by atoms with E-state index in [0.717, 1.165) is 23.8 Å². The molecule has 2 rings (SSSR count). The molecule has 0 aromatic heterocycles. The summed E-state index contributed by atoms with van der Waals surface area (Å²) in [6.45, 7) is 2.59. The molecule has 6 heteroatoms. The first-order chi connectivity index (χ1) is 11.9. The number of nitrogens with zero attached hydrogens (tertiary/aromatic N) is 1. The Hall–Kier alpha value is -2.34. The largest absolute Gasteiger partial charge is 0.352 e. The van der Waals surface area contributed by atoms with Gasteiger partial charge in [0.2, 0.25) is 15.9 Å². The number of rotatable bonds is 8. The van der Waals surface area contributed by atoms with E-state index < -0.39 is 10.0 Å². The summed E-state index contributed by atoms with van der Waals surface area (Å²) < 4.78 is 25.4. The Kier molecular flexibility index (Phi) is 6.58. The smallest absolute Gasteiger partial charge is 0.232 e. The van der Waals surface area contributed by atoms with E-state index in [9.17, 15) is 13.2 Å². The number of aryl methyl sites for hydroxylation is 1. The lowest BCUT2D eigenvalue weighted by atomic mass is 10.1. The third-order valence-corrected chi connectivity index (χ3v) is 5.10. The van der Waals surface area contributed by atoms with Gasteiger partial charge in [-0.15, -0.1) is 0 Å². The number of amides is 1. The van der Waals surface area contributed by atoms with E-state index in [4.69, 9.17) is 0 Å². The Morgan fingerprint density at radius 2 is 1.64 bits per heavy atom. The average molecular weight is 360 g/mol. The SMILES string of the molecule is CCc1ccc(N(CCC(=O)NCc2ccccc2)S(C)(=O)=O)cc1. The fourth-order valence-electron chi connectivity index (χ4n) is 2.47. The quantitative estimate of drug-likeness (QED) is 0.787. The second kappa shape index (κ2) is 8.67. The maximum absolute atomic E-state index is 12.1. The van der Waals surface area contributed by atoms with Gasteiger partial charge in [0.05, 0.1) is 11.9 Å². The van der Waals surface area contributed by atoms with Crippen LogP contribution in [0.2, 0.25) is 0 Å². The Bertz CT molecular complexity index is 787. The predicted molar refractivity (Wildman–Crippen MR) is 101 cm³/mol. The van der Waals surface area contributed by atoms with Crippen molar-refractivity contribution in [3.05, 3.63) is 65.7 Å². The molecule has 2 aromatic rings. The Balaban J connectivity index is 1.96. The number of hydrogen-bond acceptors (Lipinski definition) is 3. The number of hydrogen-bond donors (Lipinski definition) is 1. The van der Waals surface area contributed by atoms with E-state index >= 15 is 0 Å². The highest BCUT2D eigenvalue weighted by Gasteiger charge is 2.18. The van der Waals surface area contributed by atoms with Crippen molar-refractivity contribution in [2.45, 2.75) is 26.3 Å². The normalized spacial score (nSPS) is 11.1. The van der Waals surface area contributed by atoms with Crippen LogP contribution in [-0.2, 0) is 27.8 Å². The number of benzene rings is 2. The topological polar surface area (TPSA) is 66.5 Å². The van der Waals surface area contributed by atoms with Gasteiger partial charge in [-0.05, 0) is 29.7 Å². The lowest BCUT2D eigenvalue weighted by Gasteiger charge is -2.22. The second-order valence-corrected chi connectivity index (χ2v) is 7.77. The van der Waals surface area contributed by atoms with Crippen molar-refractivity contribution in [1.29, 1.82) is 0 Å². The van der Waals surface area contributed by atoms with Gasteiger partial charge in [0.15, 0.2) is 0 Å². The zero-order chi connectivity index (χ0) is 18.3. The van der Waals surface area contributed by atoms with Gasteiger partial charge in [-0.3, -0.25) is 9.10 Å². The molecule has 0 aliphatic carbocycles. The molecule has 0 aliphatic rings. The molecule has 0 heterocycles. The van der Waals surface area contributed by atoms with E-state index in [2.05, 4.69) is 5.32 Å². The predicted octanol–water partition coefficient (Wildman–Crippen LogP) is 2.72. The summed E-state index contributed by atoms with van der Waals surface area (Å²) in [6.07, 6.45) is 2.15. The number of nitrogens with one attached hydrogen (secondary N) is 1. The summed E-state index contributed by atoms with van der Waals surface area (Å²) in [5.74, 6) is -0.178. The summed E-state index contributed by atoms with van der Waals surface area (Å²) in [7, 11) is -3.45. The van der Waals surface area contributed by atoms with Gasteiger partial charge < -0.3 is 5.32 Å². The van der Waals surface area contributed by atoms with Gasteiger partial charge in [-0.25, -0.2) is 8.42 Å². The molecule has 134 valence electrons. The van der Waals surface area contributed by atoms with Crippen molar-refractivity contribution in [1.82, 2.24) is 5.32 Å². The number of carbonyl (C=O) groups excluding carboxylic acids is 1. The number of anilines is 1. The van der Waals surface area contributed by atoms with Gasteiger partial charge in [0.25, 0.3) is 0 Å². The molecule has 25 heavy (non-hydrogen) atoms. The molecule has 5 nitrogen and oxygen atoms in total. The highest BCUT2D eigenvalue weighted by atomic mass is 32.2. The number of carbonyl (C=O) groups is 1. The highest BCUT2D eigenvalue weighted by Crippen LogP contribution is 2.19. The van der Waals surface area contributed by atoms with Crippen LogP contribution in [0.5, 0.6) is 0 Å². The first-order valence-electron chi connectivity index (χ1n) is 8.27. The zero-order valence-corrected chi connectivity index (χ0v) is 15.4. The zero-order valence-electron chi connectivity index (χ0n) is 14.6. The molecular formula is C19H24N2O3S. The van der Waals surface area contributed by atoms with Crippen LogP contribution < -0.4 is 9.62 Å². The Morgan fingerprint density at radius 3 is 2.20 bits per heavy atom. The van der Waals surface area contributed by atoms with Crippen molar-refractivity contribution < 1.29 is 13.2 Å². The Labute approximate surface area is 149 Å². The van der Waals surface area contributed by atoms with Crippen LogP contribution in [-0.4, -0.2) is 27.1 Å². The summed E-state index contributed by atoms with van der Waals surface area (Å²) in [5, 5.41) is 2.82. The third kappa shape index (κ3) is 5.90. The van der Waals surface area contributed by atoms with Gasteiger partial charge in [-0.2, -0.15) is 0 Å². The number of sulfonamides is 1. The Morgan fingerprint density at radius 1 is 1.00 bits per heavy atom. The minimum absolute atomic E-state index is 0.107. The molecule has 0 bridgehead atoms. The molecule has 0 unspecified atom stereocenters. The molecule has 0 saturated carbocycles. The van der Waals surface area contributed by atoms with Crippen molar-refractivity contribution >= 4 is 21.6 Å². The van der Waals surface area contributed by atoms with Crippen LogP contribution in [0.1, 0.15) is 24.5 Å². The van der Waals surface area contributed by atoms with E-state index in [-0.39, 0.29) is 18.9 Å². The maximum Gasteiger partial charge on any atom is 0.232 e. The third-order valence-electron chi connectivity index (χ3n) is 3.91. The molecule has 0 saturated heterocycles. The van der Waals surface area contributed by atoms with Gasteiger partial charge >= 0.3 is 0 Å².